The van der Waals surface area contributed by atoms with E-state index in [1.54, 1.807) is 36.7 Å². The van der Waals surface area contributed by atoms with Gasteiger partial charge < -0.3 is 14.5 Å². The zero-order chi connectivity index (χ0) is 24.6. The molecule has 0 spiro atoms. The molecule has 0 saturated carbocycles. The van der Waals surface area contributed by atoms with Gasteiger partial charge in [-0.2, -0.15) is 4.31 Å². The highest BCUT2D eigenvalue weighted by Gasteiger charge is 2.28. The zero-order valence-electron chi connectivity index (χ0n) is 19.4. The Labute approximate surface area is 203 Å². The fraction of sp³-hybridized carbons (Fsp3) is 0.231. The highest BCUT2D eigenvalue weighted by molar-refractivity contribution is 7.89. The molecule has 5 rings (SSSR count). The first kappa shape index (κ1) is 23.1. The minimum atomic E-state index is -4.00. The van der Waals surface area contributed by atoms with Crippen LogP contribution in [0.15, 0.2) is 70.6 Å². The molecule has 180 valence electrons. The molecule has 0 amide bonds. The molecular formula is C26H25N3O5S. The highest BCUT2D eigenvalue weighted by Crippen LogP contribution is 2.34. The van der Waals surface area contributed by atoms with Gasteiger partial charge in [0.2, 0.25) is 10.0 Å². The van der Waals surface area contributed by atoms with Crippen LogP contribution in [0.4, 0.5) is 0 Å². The van der Waals surface area contributed by atoms with Crippen molar-refractivity contribution >= 4 is 20.9 Å². The number of nitrogens with one attached hydrogen (secondary N) is 1. The molecule has 8 nitrogen and oxygen atoms in total. The number of hydrogen-bond acceptors (Lipinski definition) is 6. The number of aryl methyl sites for hydroxylation is 2. The standard InChI is InChI=1S/C26H25N3O5S/c1-17-10-18(2)22-12-20(26(30)28-23(22)11-17)16-29(15-19-4-3-7-27-14-19)35(31,32)21-5-6-24-25(13-21)34-9-8-33-24/h3-7,10-14H,8-9,15-16H2,1-2H3,(H,28,30). The average Bonchev–Trinajstić information content (AvgIpc) is 2.84. The van der Waals surface area contributed by atoms with E-state index in [2.05, 4.69) is 9.97 Å². The average molecular weight is 492 g/mol. The van der Waals surface area contributed by atoms with Crippen LogP contribution < -0.4 is 15.0 Å². The van der Waals surface area contributed by atoms with Crippen molar-refractivity contribution in [3.05, 3.63) is 93.5 Å². The van der Waals surface area contributed by atoms with Crippen LogP contribution >= 0.6 is 0 Å². The predicted molar refractivity (Wildman–Crippen MR) is 132 cm³/mol. The molecule has 1 aliphatic rings. The van der Waals surface area contributed by atoms with Crippen LogP contribution in [0.5, 0.6) is 11.5 Å². The van der Waals surface area contributed by atoms with Gasteiger partial charge in [-0.1, -0.05) is 12.1 Å². The monoisotopic (exact) mass is 491 g/mol. The van der Waals surface area contributed by atoms with Crippen molar-refractivity contribution in [1.82, 2.24) is 14.3 Å². The number of ether oxygens (including phenoxy) is 2. The topological polar surface area (TPSA) is 102 Å². The van der Waals surface area contributed by atoms with Crippen LogP contribution in [-0.4, -0.2) is 35.9 Å². The molecule has 0 radical (unpaired) electrons. The summed E-state index contributed by atoms with van der Waals surface area (Å²) in [5, 5.41) is 0.878. The number of benzene rings is 2. The van der Waals surface area contributed by atoms with Crippen molar-refractivity contribution in [3.8, 4) is 11.5 Å². The van der Waals surface area contributed by atoms with E-state index in [4.69, 9.17) is 9.47 Å². The van der Waals surface area contributed by atoms with E-state index in [0.29, 0.717) is 35.8 Å². The molecule has 0 saturated heterocycles. The van der Waals surface area contributed by atoms with Gasteiger partial charge in [0.25, 0.3) is 5.56 Å². The van der Waals surface area contributed by atoms with Crippen molar-refractivity contribution < 1.29 is 17.9 Å². The third kappa shape index (κ3) is 4.65. The Morgan fingerprint density at radius 3 is 2.57 bits per heavy atom. The molecule has 0 fully saturated rings. The second-order valence-electron chi connectivity index (χ2n) is 8.61. The van der Waals surface area contributed by atoms with Gasteiger partial charge in [-0.25, -0.2) is 8.42 Å². The maximum Gasteiger partial charge on any atom is 0.252 e. The smallest absolute Gasteiger partial charge is 0.252 e. The number of nitrogens with zero attached hydrogens (tertiary/aromatic N) is 2. The summed E-state index contributed by atoms with van der Waals surface area (Å²) in [6, 6.07) is 13.8. The van der Waals surface area contributed by atoms with Gasteiger partial charge in [0, 0.05) is 48.0 Å². The van der Waals surface area contributed by atoms with Crippen LogP contribution in [0.25, 0.3) is 10.9 Å². The molecule has 0 unspecified atom stereocenters. The molecule has 1 aliphatic heterocycles. The summed E-state index contributed by atoms with van der Waals surface area (Å²) >= 11 is 0. The molecule has 0 aliphatic carbocycles. The molecule has 0 bridgehead atoms. The summed E-state index contributed by atoms with van der Waals surface area (Å²) in [5.74, 6) is 0.888. The third-order valence-corrected chi connectivity index (χ3v) is 7.76. The number of fused-ring (bicyclic) bond motifs is 2. The largest absolute Gasteiger partial charge is 0.486 e. The molecule has 4 aromatic rings. The SMILES string of the molecule is Cc1cc(C)c2cc(CN(Cc3cccnc3)S(=O)(=O)c3ccc4c(c3)OCCO4)c(=O)[nH]c2c1. The van der Waals surface area contributed by atoms with Gasteiger partial charge in [-0.3, -0.25) is 9.78 Å². The summed E-state index contributed by atoms with van der Waals surface area (Å²) in [5.41, 5.74) is 3.51. The van der Waals surface area contributed by atoms with Crippen LogP contribution in [-0.2, 0) is 23.1 Å². The van der Waals surface area contributed by atoms with Crippen LogP contribution in [0.3, 0.4) is 0 Å². The van der Waals surface area contributed by atoms with E-state index in [9.17, 15) is 13.2 Å². The van der Waals surface area contributed by atoms with Crippen LogP contribution in [0.1, 0.15) is 22.3 Å². The molecule has 3 heterocycles. The first-order valence-electron chi connectivity index (χ1n) is 11.2. The number of H-pyrrole nitrogens is 1. The number of sulfonamides is 1. The van der Waals surface area contributed by atoms with Gasteiger partial charge in [-0.05, 0) is 60.9 Å². The van der Waals surface area contributed by atoms with E-state index in [-0.39, 0.29) is 23.5 Å². The van der Waals surface area contributed by atoms with Gasteiger partial charge in [0.15, 0.2) is 11.5 Å². The molecule has 35 heavy (non-hydrogen) atoms. The van der Waals surface area contributed by atoms with Crippen molar-refractivity contribution in [2.75, 3.05) is 13.2 Å². The maximum absolute atomic E-state index is 13.8. The van der Waals surface area contributed by atoms with Crippen molar-refractivity contribution in [2.24, 2.45) is 0 Å². The second kappa shape index (κ2) is 9.16. The normalized spacial score (nSPS) is 13.3. The Morgan fingerprint density at radius 2 is 1.80 bits per heavy atom. The molecule has 2 aromatic carbocycles. The minimum absolute atomic E-state index is 0.0506. The summed E-state index contributed by atoms with van der Waals surface area (Å²) in [6.45, 7) is 4.64. The quantitative estimate of drug-likeness (QED) is 0.441. The number of aromatic nitrogens is 2. The minimum Gasteiger partial charge on any atom is -0.486 e. The van der Waals surface area contributed by atoms with Gasteiger partial charge >= 0.3 is 0 Å². The Balaban J connectivity index is 1.58. The van der Waals surface area contributed by atoms with Crippen LogP contribution in [0.2, 0.25) is 0 Å². The van der Waals surface area contributed by atoms with Gasteiger partial charge in [-0.15, -0.1) is 0 Å². The highest BCUT2D eigenvalue weighted by atomic mass is 32.2. The first-order valence-corrected chi connectivity index (χ1v) is 12.7. The van der Waals surface area contributed by atoms with Gasteiger partial charge in [0.1, 0.15) is 13.2 Å². The summed E-state index contributed by atoms with van der Waals surface area (Å²) in [7, 11) is -4.00. The van der Waals surface area contributed by atoms with Gasteiger partial charge in [0.05, 0.1) is 4.90 Å². The van der Waals surface area contributed by atoms with E-state index in [1.807, 2.05) is 26.0 Å². The predicted octanol–water partition coefficient (Wildman–Crippen LogP) is 3.70. The Morgan fingerprint density at radius 1 is 1.00 bits per heavy atom. The lowest BCUT2D eigenvalue weighted by Gasteiger charge is -2.24. The van der Waals surface area contributed by atoms with E-state index >= 15 is 0 Å². The lowest BCUT2D eigenvalue weighted by molar-refractivity contribution is 0.171. The van der Waals surface area contributed by atoms with Crippen LogP contribution in [0, 0.1) is 13.8 Å². The third-order valence-electron chi connectivity index (χ3n) is 5.97. The fourth-order valence-corrected chi connectivity index (χ4v) is 5.70. The lowest BCUT2D eigenvalue weighted by Crippen LogP contribution is -2.32. The molecule has 1 N–H and O–H groups in total. The van der Waals surface area contributed by atoms with Crippen molar-refractivity contribution in [1.29, 1.82) is 0 Å². The molecule has 2 aromatic heterocycles. The van der Waals surface area contributed by atoms with E-state index in [0.717, 1.165) is 22.0 Å². The summed E-state index contributed by atoms with van der Waals surface area (Å²) in [6.07, 6.45) is 3.24. The lowest BCUT2D eigenvalue weighted by atomic mass is 10.0. The van der Waals surface area contributed by atoms with Crippen molar-refractivity contribution in [3.63, 3.8) is 0 Å². The Bertz CT molecular complexity index is 1570. The number of rotatable bonds is 6. The molecular weight excluding hydrogens is 466 g/mol. The maximum atomic E-state index is 13.8. The first-order chi connectivity index (χ1) is 16.8. The zero-order valence-corrected chi connectivity index (χ0v) is 20.3. The second-order valence-corrected chi connectivity index (χ2v) is 10.5. The van der Waals surface area contributed by atoms with Crippen molar-refractivity contribution in [2.45, 2.75) is 31.8 Å². The Hall–Kier alpha value is -3.69. The van der Waals surface area contributed by atoms with E-state index in [1.165, 1.54) is 16.4 Å². The summed E-state index contributed by atoms with van der Waals surface area (Å²) in [4.78, 5) is 20.1. The fourth-order valence-electron chi connectivity index (χ4n) is 4.28. The number of hydrogen-bond donors (Lipinski definition) is 1. The number of pyridine rings is 2. The molecule has 0 atom stereocenters. The Kier molecular flexibility index (Phi) is 6.04. The summed E-state index contributed by atoms with van der Waals surface area (Å²) < 4.78 is 40.0. The number of aromatic amines is 1. The molecule has 9 heteroatoms. The van der Waals surface area contributed by atoms with E-state index < -0.39 is 10.0 Å².